The van der Waals surface area contributed by atoms with Crippen LogP contribution in [0.2, 0.25) is 18.1 Å². The number of halogens is 1. The van der Waals surface area contributed by atoms with E-state index >= 15 is 0 Å². The monoisotopic (exact) mass is 606 g/mol. The first-order valence-corrected chi connectivity index (χ1v) is 15.0. The molecule has 0 aliphatic carbocycles. The molecule has 2 heterocycles. The van der Waals surface area contributed by atoms with E-state index in [1.807, 2.05) is 22.6 Å². The molecule has 1 aromatic heterocycles. The smallest absolute Gasteiger partial charge is 0.311 e. The number of methoxy groups -OCH3 is 1. The summed E-state index contributed by atoms with van der Waals surface area (Å²) in [4.78, 5) is 52.0. The molecule has 0 fully saturated rings. The number of carbonyl (C=O) groups is 3. The fourth-order valence-electron chi connectivity index (χ4n) is 3.58. The van der Waals surface area contributed by atoms with Crippen molar-refractivity contribution in [2.24, 2.45) is 0 Å². The predicted molar refractivity (Wildman–Crippen MR) is 140 cm³/mol. The number of ether oxygens (including phenoxy) is 1. The summed E-state index contributed by atoms with van der Waals surface area (Å²) in [7, 11) is 3.66. The number of pyridine rings is 1. The van der Waals surface area contributed by atoms with Crippen LogP contribution >= 0.6 is 22.6 Å². The highest BCUT2D eigenvalue weighted by atomic mass is 127. The molecule has 34 heavy (non-hydrogen) atoms. The third kappa shape index (κ3) is 5.33. The summed E-state index contributed by atoms with van der Waals surface area (Å²) in [5.74, 6) is -2.04. The summed E-state index contributed by atoms with van der Waals surface area (Å²) in [6.07, 6.45) is 0.355. The number of carbonyl (C=O) groups excluding carboxylic acids is 3. The maximum absolute atomic E-state index is 13.1. The van der Waals surface area contributed by atoms with Gasteiger partial charge in [-0.2, -0.15) is 0 Å². The Hall–Kier alpha value is -1.93. The van der Waals surface area contributed by atoms with Crippen LogP contribution in [0.25, 0.3) is 0 Å². The Morgan fingerprint density at radius 2 is 1.82 bits per heavy atom. The van der Waals surface area contributed by atoms with Gasteiger partial charge in [0.05, 0.1) is 35.1 Å². The van der Waals surface area contributed by atoms with Gasteiger partial charge in [0.25, 0.3) is 5.91 Å². The molecule has 190 valence electrons. The molecule has 10 nitrogen and oxygen atoms in total. The first-order chi connectivity index (χ1) is 15.6. The fraction of sp³-hybridized carbons (Fsp3) is 0.636. The van der Waals surface area contributed by atoms with E-state index < -0.39 is 37.5 Å². The van der Waals surface area contributed by atoms with Crippen LogP contribution in [0.3, 0.4) is 0 Å². The Balaban J connectivity index is 2.66. The molecular weight excluding hydrogens is 571 g/mol. The number of nitrogens with zero attached hydrogens (tertiary/aromatic N) is 2. The van der Waals surface area contributed by atoms with Gasteiger partial charge in [0, 0.05) is 21.1 Å². The molecule has 0 spiro atoms. The van der Waals surface area contributed by atoms with E-state index in [-0.39, 0.29) is 29.1 Å². The third-order valence-electron chi connectivity index (χ3n) is 6.54. The van der Waals surface area contributed by atoms with Crippen LogP contribution < -0.4 is 20.8 Å². The molecule has 1 aliphatic heterocycles. The molecule has 12 heteroatoms. The van der Waals surface area contributed by atoms with Crippen LogP contribution in [-0.2, 0) is 14.0 Å². The summed E-state index contributed by atoms with van der Waals surface area (Å²) >= 11 is 1.91. The minimum atomic E-state index is -2.14. The molecule has 2 N–H and O–H groups in total. The summed E-state index contributed by atoms with van der Waals surface area (Å²) in [6, 6.07) is -1.02. The number of aromatic nitrogens is 1. The van der Waals surface area contributed by atoms with Gasteiger partial charge in [-0.1, -0.05) is 20.8 Å². The van der Waals surface area contributed by atoms with E-state index in [9.17, 15) is 19.2 Å². The van der Waals surface area contributed by atoms with Crippen molar-refractivity contribution >= 4 is 48.6 Å². The highest BCUT2D eigenvalue weighted by Gasteiger charge is 2.43. The van der Waals surface area contributed by atoms with Gasteiger partial charge in [-0.3, -0.25) is 19.2 Å². The molecule has 1 unspecified atom stereocenters. The maximum Gasteiger partial charge on any atom is 0.311 e. The molecule has 3 amide bonds. The number of nitrogens with one attached hydrogen (secondary N) is 2. The van der Waals surface area contributed by atoms with E-state index in [0.29, 0.717) is 15.7 Å². The maximum atomic E-state index is 13.1. The van der Waals surface area contributed by atoms with Gasteiger partial charge in [-0.05, 0) is 47.1 Å². The van der Waals surface area contributed by atoms with Crippen molar-refractivity contribution in [3.63, 3.8) is 0 Å². The molecule has 0 bridgehead atoms. The molecule has 0 saturated carbocycles. The molecule has 0 radical (unpaired) electrons. The van der Waals surface area contributed by atoms with Crippen molar-refractivity contribution in [3.8, 4) is 5.75 Å². The van der Waals surface area contributed by atoms with Crippen LogP contribution in [-0.4, -0.2) is 70.4 Å². The summed E-state index contributed by atoms with van der Waals surface area (Å²) in [5.41, 5.74) is 0.0933. The van der Waals surface area contributed by atoms with Crippen molar-refractivity contribution in [1.29, 1.82) is 0 Å². The number of amides is 3. The number of hydrogen-bond acceptors (Lipinski definition) is 6. The van der Waals surface area contributed by atoms with Crippen molar-refractivity contribution in [3.05, 3.63) is 25.2 Å². The van der Waals surface area contributed by atoms with Crippen molar-refractivity contribution in [2.75, 3.05) is 34.9 Å². The van der Waals surface area contributed by atoms with Gasteiger partial charge in [-0.15, -0.1) is 0 Å². The minimum absolute atomic E-state index is 0.0283. The lowest BCUT2D eigenvalue weighted by molar-refractivity contribution is -0.144. The number of hydrogen-bond donors (Lipinski definition) is 2. The molecule has 2 atom stereocenters. The zero-order valence-corrected chi connectivity index (χ0v) is 24.4. The largest absolute Gasteiger partial charge is 0.491 e. The zero-order valence-electron chi connectivity index (χ0n) is 21.3. The van der Waals surface area contributed by atoms with E-state index in [0.717, 1.165) is 0 Å². The number of likely N-dealkylation sites (N-methyl/N-ethyl adjacent to an activating group) is 1. The van der Waals surface area contributed by atoms with E-state index in [2.05, 4.69) is 44.5 Å². The average molecular weight is 607 g/mol. The van der Waals surface area contributed by atoms with Crippen molar-refractivity contribution in [1.82, 2.24) is 20.1 Å². The lowest BCUT2D eigenvalue weighted by atomic mass is 10.1. The van der Waals surface area contributed by atoms with Gasteiger partial charge in [0.2, 0.25) is 5.43 Å². The Morgan fingerprint density at radius 1 is 1.24 bits per heavy atom. The zero-order chi connectivity index (χ0) is 26.2. The first-order valence-electron chi connectivity index (χ1n) is 11.0. The lowest BCUT2D eigenvalue weighted by Crippen LogP contribution is -2.42. The lowest BCUT2D eigenvalue weighted by Gasteiger charge is -2.37. The fourth-order valence-corrected chi connectivity index (χ4v) is 5.51. The Labute approximate surface area is 215 Å². The SMILES string of the molecule is CNC(=O)c1c(OC)c(=O)c(I)c2n1[C@H](CO[Si](C)(C)C(C)(C)C)CC2NC(=O)C(=O)N(C)C. The summed E-state index contributed by atoms with van der Waals surface area (Å²) in [5, 5.41) is 5.30. The van der Waals surface area contributed by atoms with Crippen LogP contribution in [0.4, 0.5) is 0 Å². The highest BCUT2D eigenvalue weighted by Crippen LogP contribution is 2.42. The van der Waals surface area contributed by atoms with Gasteiger partial charge >= 0.3 is 11.8 Å². The van der Waals surface area contributed by atoms with Crippen LogP contribution in [0.5, 0.6) is 5.75 Å². The quantitative estimate of drug-likeness (QED) is 0.291. The Bertz CT molecular complexity index is 1050. The second kappa shape index (κ2) is 10.4. The highest BCUT2D eigenvalue weighted by molar-refractivity contribution is 14.1. The Kier molecular flexibility index (Phi) is 8.62. The van der Waals surface area contributed by atoms with Crippen molar-refractivity contribution < 1.29 is 23.5 Å². The predicted octanol–water partition coefficient (Wildman–Crippen LogP) is 2.03. The number of fused-ring (bicyclic) bond motifs is 1. The Morgan fingerprint density at radius 3 is 2.29 bits per heavy atom. The van der Waals surface area contributed by atoms with Crippen LogP contribution in [0, 0.1) is 3.57 Å². The van der Waals surface area contributed by atoms with Gasteiger partial charge in [0.1, 0.15) is 0 Å². The third-order valence-corrected chi connectivity index (χ3v) is 12.1. The minimum Gasteiger partial charge on any atom is -0.491 e. The van der Waals surface area contributed by atoms with Gasteiger partial charge < -0.3 is 29.3 Å². The first kappa shape index (κ1) is 28.3. The van der Waals surface area contributed by atoms with Gasteiger partial charge in [0.15, 0.2) is 19.8 Å². The van der Waals surface area contributed by atoms with Crippen LogP contribution in [0.15, 0.2) is 4.79 Å². The second-order valence-corrected chi connectivity index (χ2v) is 15.9. The van der Waals surface area contributed by atoms with E-state index in [4.69, 9.17) is 9.16 Å². The van der Waals surface area contributed by atoms with Crippen molar-refractivity contribution in [2.45, 2.75) is 57.4 Å². The van der Waals surface area contributed by atoms with Crippen LogP contribution in [0.1, 0.15) is 55.5 Å². The molecule has 1 aromatic rings. The molecular formula is C22H35IN4O6Si. The van der Waals surface area contributed by atoms with Gasteiger partial charge in [-0.25, -0.2) is 0 Å². The molecule has 0 aromatic carbocycles. The average Bonchev–Trinajstić information content (AvgIpc) is 3.10. The molecule has 1 aliphatic rings. The second-order valence-electron chi connectivity index (χ2n) is 10.0. The molecule has 0 saturated heterocycles. The summed E-state index contributed by atoms with van der Waals surface area (Å²) < 4.78 is 13.9. The van der Waals surface area contributed by atoms with E-state index in [1.165, 1.54) is 33.2 Å². The molecule has 2 rings (SSSR count). The summed E-state index contributed by atoms with van der Waals surface area (Å²) in [6.45, 7) is 11.0. The number of rotatable bonds is 6. The standard InChI is InChI=1S/C22H35IN4O6Si/c1-22(2,3)34(8,9)33-11-12-10-13(25-20(30)21(31)26(5)6)15-14(23)17(28)18(32-7)16(27(12)15)19(29)24-4/h12-13H,10-11H2,1-9H3,(H,24,29)(H,25,30)/t12-,13?/m0/s1. The normalized spacial score (nSPS) is 17.7. The topological polar surface area (TPSA) is 119 Å². The van der Waals surface area contributed by atoms with E-state index in [1.54, 1.807) is 4.57 Å².